The molecule has 5 nitrogen and oxygen atoms in total. The average molecular weight is 316 g/mol. The molecular weight excluding hydrogens is 299 g/mol. The summed E-state index contributed by atoms with van der Waals surface area (Å²) in [6.45, 7) is 1.99. The van der Waals surface area contributed by atoms with Crippen LogP contribution in [0.1, 0.15) is 48.3 Å². The summed E-state index contributed by atoms with van der Waals surface area (Å²) in [6, 6.07) is 7.54. The van der Waals surface area contributed by atoms with E-state index in [0.717, 1.165) is 12.1 Å². The van der Waals surface area contributed by atoms with Gasteiger partial charge in [0.15, 0.2) is 5.69 Å². The lowest BCUT2D eigenvalue weighted by Crippen LogP contribution is -2.08. The fraction of sp³-hybridized carbons (Fsp3) is 0.353. The van der Waals surface area contributed by atoms with Crippen LogP contribution in [0.4, 0.5) is 4.39 Å². The number of hydrogen-bond acceptors (Lipinski definition) is 4. The summed E-state index contributed by atoms with van der Waals surface area (Å²) >= 11 is 0. The van der Waals surface area contributed by atoms with E-state index in [2.05, 4.69) is 5.10 Å². The number of halogens is 1. The van der Waals surface area contributed by atoms with Gasteiger partial charge in [-0.25, -0.2) is 13.9 Å². The molecule has 1 saturated carbocycles. The van der Waals surface area contributed by atoms with E-state index < -0.39 is 5.97 Å². The SMILES string of the molecule is CCOC(=O)c1cc(C2CCC(=O)C2)n(-c2ccc(F)cc2)n1. The van der Waals surface area contributed by atoms with Gasteiger partial charge < -0.3 is 4.74 Å². The summed E-state index contributed by atoms with van der Waals surface area (Å²) in [5.74, 6) is -0.620. The molecule has 0 spiro atoms. The second kappa shape index (κ2) is 6.32. The molecular formula is C17H17FN2O3. The topological polar surface area (TPSA) is 61.2 Å². The van der Waals surface area contributed by atoms with Crippen molar-refractivity contribution in [1.82, 2.24) is 9.78 Å². The van der Waals surface area contributed by atoms with Crippen molar-refractivity contribution in [2.75, 3.05) is 6.61 Å². The van der Waals surface area contributed by atoms with Gasteiger partial charge in [0.1, 0.15) is 11.6 Å². The van der Waals surface area contributed by atoms with Crippen LogP contribution in [0.3, 0.4) is 0 Å². The minimum atomic E-state index is -0.501. The highest BCUT2D eigenvalue weighted by atomic mass is 19.1. The maximum absolute atomic E-state index is 13.1. The van der Waals surface area contributed by atoms with E-state index in [9.17, 15) is 14.0 Å². The summed E-state index contributed by atoms with van der Waals surface area (Å²) in [6.07, 6.45) is 1.71. The Morgan fingerprint density at radius 3 is 2.74 bits per heavy atom. The number of aromatic nitrogens is 2. The standard InChI is InChI=1S/C17H17FN2O3/c1-2-23-17(22)15-10-16(11-3-8-14(21)9-11)20(19-15)13-6-4-12(18)5-7-13/h4-7,10-11H,2-3,8-9H2,1H3. The zero-order valence-corrected chi connectivity index (χ0v) is 12.8. The molecule has 3 rings (SSSR count). The number of rotatable bonds is 4. The van der Waals surface area contributed by atoms with Gasteiger partial charge in [-0.2, -0.15) is 5.10 Å². The van der Waals surface area contributed by atoms with E-state index in [0.29, 0.717) is 18.5 Å². The molecule has 120 valence electrons. The largest absolute Gasteiger partial charge is 0.461 e. The fourth-order valence-electron chi connectivity index (χ4n) is 2.85. The summed E-state index contributed by atoms with van der Waals surface area (Å²) < 4.78 is 19.7. The first-order chi connectivity index (χ1) is 11.1. The van der Waals surface area contributed by atoms with E-state index in [1.807, 2.05) is 0 Å². The molecule has 1 atom stereocenters. The van der Waals surface area contributed by atoms with Gasteiger partial charge in [0.05, 0.1) is 12.3 Å². The van der Waals surface area contributed by atoms with Crippen molar-refractivity contribution in [3.8, 4) is 5.69 Å². The third-order valence-electron chi connectivity index (χ3n) is 3.96. The second-order valence-corrected chi connectivity index (χ2v) is 5.54. The minimum absolute atomic E-state index is 0.0169. The number of esters is 1. The maximum atomic E-state index is 13.1. The van der Waals surface area contributed by atoms with E-state index in [4.69, 9.17) is 4.74 Å². The van der Waals surface area contributed by atoms with Crippen molar-refractivity contribution in [3.63, 3.8) is 0 Å². The van der Waals surface area contributed by atoms with Crippen molar-refractivity contribution in [2.45, 2.75) is 32.1 Å². The summed E-state index contributed by atoms with van der Waals surface area (Å²) in [5.41, 5.74) is 1.63. The molecule has 2 aromatic rings. The van der Waals surface area contributed by atoms with Gasteiger partial charge in [0, 0.05) is 24.5 Å². The lowest BCUT2D eigenvalue weighted by atomic mass is 10.0. The normalized spacial score (nSPS) is 17.5. The van der Waals surface area contributed by atoms with E-state index in [-0.39, 0.29) is 29.8 Å². The van der Waals surface area contributed by atoms with Gasteiger partial charge in [0.2, 0.25) is 0 Å². The Balaban J connectivity index is 2.02. The Labute approximate surface area is 133 Å². The highest BCUT2D eigenvalue weighted by Gasteiger charge is 2.29. The number of Topliss-reactive ketones (excluding diaryl/α,β-unsaturated/α-hetero) is 1. The van der Waals surface area contributed by atoms with Crippen LogP contribution in [0.15, 0.2) is 30.3 Å². The molecule has 1 aliphatic rings. The number of ketones is 1. The smallest absolute Gasteiger partial charge is 0.358 e. The van der Waals surface area contributed by atoms with Gasteiger partial charge in [-0.05, 0) is 43.7 Å². The molecule has 0 radical (unpaired) electrons. The van der Waals surface area contributed by atoms with E-state index in [1.54, 1.807) is 29.8 Å². The quantitative estimate of drug-likeness (QED) is 0.814. The van der Waals surface area contributed by atoms with Crippen LogP contribution in [-0.4, -0.2) is 28.1 Å². The van der Waals surface area contributed by atoms with Crippen molar-refractivity contribution in [1.29, 1.82) is 0 Å². The number of nitrogens with zero attached hydrogens (tertiary/aromatic N) is 2. The molecule has 1 heterocycles. The van der Waals surface area contributed by atoms with Crippen LogP contribution < -0.4 is 0 Å². The molecule has 6 heteroatoms. The monoisotopic (exact) mass is 316 g/mol. The second-order valence-electron chi connectivity index (χ2n) is 5.54. The average Bonchev–Trinajstić information content (AvgIpc) is 3.14. The van der Waals surface area contributed by atoms with Crippen molar-refractivity contribution < 1.29 is 18.7 Å². The van der Waals surface area contributed by atoms with Crippen LogP contribution in [0.2, 0.25) is 0 Å². The van der Waals surface area contributed by atoms with Crippen LogP contribution in [-0.2, 0) is 9.53 Å². The van der Waals surface area contributed by atoms with Crippen molar-refractivity contribution in [3.05, 3.63) is 47.5 Å². The Bertz CT molecular complexity index is 737. The van der Waals surface area contributed by atoms with Gasteiger partial charge in [-0.15, -0.1) is 0 Å². The van der Waals surface area contributed by atoms with Gasteiger partial charge >= 0.3 is 5.97 Å². The molecule has 0 N–H and O–H groups in total. The highest BCUT2D eigenvalue weighted by Crippen LogP contribution is 2.33. The lowest BCUT2D eigenvalue weighted by Gasteiger charge is -2.11. The maximum Gasteiger partial charge on any atom is 0.358 e. The molecule has 23 heavy (non-hydrogen) atoms. The van der Waals surface area contributed by atoms with Gasteiger partial charge in [-0.3, -0.25) is 4.79 Å². The predicted molar refractivity (Wildman–Crippen MR) is 81.1 cm³/mol. The van der Waals surface area contributed by atoms with Crippen LogP contribution in [0, 0.1) is 5.82 Å². The van der Waals surface area contributed by atoms with Gasteiger partial charge in [0.25, 0.3) is 0 Å². The number of carbonyl (C=O) groups is 2. The number of hydrogen-bond donors (Lipinski definition) is 0. The van der Waals surface area contributed by atoms with Crippen LogP contribution in [0.25, 0.3) is 5.69 Å². The first-order valence-corrected chi connectivity index (χ1v) is 7.63. The first-order valence-electron chi connectivity index (χ1n) is 7.63. The molecule has 0 bridgehead atoms. The highest BCUT2D eigenvalue weighted by molar-refractivity contribution is 5.87. The Morgan fingerprint density at radius 1 is 1.39 bits per heavy atom. The zero-order chi connectivity index (χ0) is 16.4. The molecule has 1 aliphatic carbocycles. The van der Waals surface area contributed by atoms with E-state index >= 15 is 0 Å². The zero-order valence-electron chi connectivity index (χ0n) is 12.8. The van der Waals surface area contributed by atoms with E-state index in [1.165, 1.54) is 12.1 Å². The molecule has 1 aromatic carbocycles. The molecule has 0 saturated heterocycles. The summed E-state index contributed by atoms with van der Waals surface area (Å²) in [4.78, 5) is 23.5. The Morgan fingerprint density at radius 2 is 2.13 bits per heavy atom. The van der Waals surface area contributed by atoms with Crippen LogP contribution in [0.5, 0.6) is 0 Å². The first kappa shape index (κ1) is 15.4. The van der Waals surface area contributed by atoms with Crippen molar-refractivity contribution in [2.24, 2.45) is 0 Å². The molecule has 1 fully saturated rings. The third kappa shape index (κ3) is 3.16. The Hall–Kier alpha value is -2.50. The molecule has 0 aliphatic heterocycles. The third-order valence-corrected chi connectivity index (χ3v) is 3.96. The minimum Gasteiger partial charge on any atom is -0.461 e. The van der Waals surface area contributed by atoms with Gasteiger partial charge in [-0.1, -0.05) is 0 Å². The summed E-state index contributed by atoms with van der Waals surface area (Å²) in [5, 5.41) is 4.31. The lowest BCUT2D eigenvalue weighted by molar-refractivity contribution is -0.117. The van der Waals surface area contributed by atoms with Crippen molar-refractivity contribution >= 4 is 11.8 Å². The number of ether oxygens (including phenoxy) is 1. The molecule has 1 aromatic heterocycles. The molecule has 1 unspecified atom stereocenters. The molecule has 0 amide bonds. The fourth-order valence-corrected chi connectivity index (χ4v) is 2.85. The number of carbonyl (C=O) groups excluding carboxylic acids is 2. The predicted octanol–water partition coefficient (Wildman–Crippen LogP) is 3.02. The summed E-state index contributed by atoms with van der Waals surface area (Å²) in [7, 11) is 0. The van der Waals surface area contributed by atoms with Crippen LogP contribution >= 0.6 is 0 Å². The number of benzene rings is 1. The Kier molecular flexibility index (Phi) is 4.23.